The maximum absolute atomic E-state index is 9.68. The first kappa shape index (κ1) is 8.73. The molecule has 0 aromatic heterocycles. The van der Waals surface area contributed by atoms with Gasteiger partial charge >= 0.3 is 0 Å². The first-order chi connectivity index (χ1) is 6.33. The molecule has 70 valence electrons. The van der Waals surface area contributed by atoms with Crippen molar-refractivity contribution in [3.8, 4) is 0 Å². The van der Waals surface area contributed by atoms with Crippen LogP contribution >= 0.6 is 0 Å². The van der Waals surface area contributed by atoms with Crippen molar-refractivity contribution in [3.05, 3.63) is 35.4 Å². The summed E-state index contributed by atoms with van der Waals surface area (Å²) in [7, 11) is 0. The van der Waals surface area contributed by atoms with Gasteiger partial charge in [0.1, 0.15) is 0 Å². The SMILES string of the molecule is NC[C@@H](O)C1CCc2ccccc21. The molecule has 0 saturated heterocycles. The third-order valence-electron chi connectivity index (χ3n) is 2.89. The molecule has 2 nitrogen and oxygen atoms in total. The molecule has 0 saturated carbocycles. The number of rotatable bonds is 2. The van der Waals surface area contributed by atoms with Gasteiger partial charge in [0, 0.05) is 12.5 Å². The van der Waals surface area contributed by atoms with E-state index in [2.05, 4.69) is 18.2 Å². The Morgan fingerprint density at radius 1 is 1.46 bits per heavy atom. The standard InChI is InChI=1S/C11H15NO/c12-7-11(13)10-6-5-8-3-1-2-4-9(8)10/h1-4,10-11,13H,5-7,12H2/t10?,11-/m1/s1. The topological polar surface area (TPSA) is 46.2 Å². The zero-order chi connectivity index (χ0) is 9.26. The summed E-state index contributed by atoms with van der Waals surface area (Å²) in [5, 5.41) is 9.68. The summed E-state index contributed by atoms with van der Waals surface area (Å²) in [4.78, 5) is 0. The van der Waals surface area contributed by atoms with E-state index < -0.39 is 0 Å². The largest absolute Gasteiger partial charge is 0.391 e. The molecule has 0 heterocycles. The van der Waals surface area contributed by atoms with Crippen LogP contribution in [0.4, 0.5) is 0 Å². The summed E-state index contributed by atoms with van der Waals surface area (Å²) in [6.45, 7) is 0.360. The van der Waals surface area contributed by atoms with E-state index in [9.17, 15) is 5.11 Å². The summed E-state index contributed by atoms with van der Waals surface area (Å²) in [6, 6.07) is 8.32. The maximum Gasteiger partial charge on any atom is 0.0731 e. The first-order valence-corrected chi connectivity index (χ1v) is 4.79. The van der Waals surface area contributed by atoms with Crippen molar-refractivity contribution >= 4 is 0 Å². The van der Waals surface area contributed by atoms with Crippen LogP contribution in [-0.4, -0.2) is 17.8 Å². The smallest absolute Gasteiger partial charge is 0.0731 e. The second kappa shape index (κ2) is 3.48. The molecule has 2 atom stereocenters. The van der Waals surface area contributed by atoms with Crippen LogP contribution in [0, 0.1) is 0 Å². The molecular formula is C11H15NO. The van der Waals surface area contributed by atoms with Crippen molar-refractivity contribution in [3.63, 3.8) is 0 Å². The number of aliphatic hydroxyl groups is 1. The molecule has 1 aromatic rings. The van der Waals surface area contributed by atoms with Gasteiger partial charge in [-0.2, -0.15) is 0 Å². The highest BCUT2D eigenvalue weighted by atomic mass is 16.3. The Balaban J connectivity index is 2.28. The van der Waals surface area contributed by atoms with Crippen molar-refractivity contribution < 1.29 is 5.11 Å². The quantitative estimate of drug-likeness (QED) is 0.709. The predicted molar refractivity (Wildman–Crippen MR) is 52.6 cm³/mol. The van der Waals surface area contributed by atoms with Crippen LogP contribution in [0.3, 0.4) is 0 Å². The monoisotopic (exact) mass is 177 g/mol. The Bertz CT molecular complexity index is 298. The van der Waals surface area contributed by atoms with Gasteiger partial charge in [0.25, 0.3) is 0 Å². The Hall–Kier alpha value is -0.860. The van der Waals surface area contributed by atoms with Gasteiger partial charge in [0.15, 0.2) is 0 Å². The Kier molecular flexibility index (Phi) is 2.34. The highest BCUT2D eigenvalue weighted by molar-refractivity contribution is 5.35. The fourth-order valence-corrected chi connectivity index (χ4v) is 2.15. The van der Waals surface area contributed by atoms with Crippen molar-refractivity contribution in [1.29, 1.82) is 0 Å². The number of aryl methyl sites for hydroxylation is 1. The van der Waals surface area contributed by atoms with E-state index in [0.29, 0.717) is 6.54 Å². The van der Waals surface area contributed by atoms with Crippen LogP contribution in [-0.2, 0) is 6.42 Å². The van der Waals surface area contributed by atoms with Gasteiger partial charge in [0.2, 0.25) is 0 Å². The fraction of sp³-hybridized carbons (Fsp3) is 0.455. The summed E-state index contributed by atoms with van der Waals surface area (Å²) >= 11 is 0. The average molecular weight is 177 g/mol. The van der Waals surface area contributed by atoms with Crippen LogP contribution in [0.25, 0.3) is 0 Å². The summed E-state index contributed by atoms with van der Waals surface area (Å²) < 4.78 is 0. The highest BCUT2D eigenvalue weighted by Crippen LogP contribution is 2.34. The third-order valence-corrected chi connectivity index (χ3v) is 2.89. The van der Waals surface area contributed by atoms with Crippen LogP contribution < -0.4 is 5.73 Å². The minimum Gasteiger partial charge on any atom is -0.391 e. The molecule has 0 aliphatic heterocycles. The molecule has 0 radical (unpaired) electrons. The Morgan fingerprint density at radius 2 is 2.23 bits per heavy atom. The number of benzene rings is 1. The molecule has 2 rings (SSSR count). The van der Waals surface area contributed by atoms with Crippen molar-refractivity contribution in [1.82, 2.24) is 0 Å². The highest BCUT2D eigenvalue weighted by Gasteiger charge is 2.26. The first-order valence-electron chi connectivity index (χ1n) is 4.79. The molecule has 13 heavy (non-hydrogen) atoms. The number of fused-ring (bicyclic) bond motifs is 1. The molecule has 2 heteroatoms. The number of hydrogen-bond donors (Lipinski definition) is 2. The van der Waals surface area contributed by atoms with Gasteiger partial charge in [-0.3, -0.25) is 0 Å². The van der Waals surface area contributed by atoms with Gasteiger partial charge in [0.05, 0.1) is 6.10 Å². The minimum absolute atomic E-state index is 0.265. The van der Waals surface area contributed by atoms with E-state index in [4.69, 9.17) is 5.73 Å². The van der Waals surface area contributed by atoms with Gasteiger partial charge < -0.3 is 10.8 Å². The van der Waals surface area contributed by atoms with Crippen molar-refractivity contribution in [2.45, 2.75) is 24.9 Å². The predicted octanol–water partition coefficient (Wildman–Crippen LogP) is 1.04. The fourth-order valence-electron chi connectivity index (χ4n) is 2.15. The van der Waals surface area contributed by atoms with Crippen molar-refractivity contribution in [2.24, 2.45) is 5.73 Å². The molecule has 1 aliphatic rings. The van der Waals surface area contributed by atoms with Crippen LogP contribution in [0.2, 0.25) is 0 Å². The van der Waals surface area contributed by atoms with E-state index >= 15 is 0 Å². The van der Waals surface area contributed by atoms with Crippen LogP contribution in [0.1, 0.15) is 23.5 Å². The molecule has 0 fully saturated rings. The van der Waals surface area contributed by atoms with Crippen molar-refractivity contribution in [2.75, 3.05) is 6.54 Å². The molecule has 0 amide bonds. The van der Waals surface area contributed by atoms with Gasteiger partial charge in [-0.15, -0.1) is 0 Å². The van der Waals surface area contributed by atoms with Crippen LogP contribution in [0.5, 0.6) is 0 Å². The minimum atomic E-state index is -0.372. The summed E-state index contributed by atoms with van der Waals surface area (Å²) in [5.41, 5.74) is 8.13. The van der Waals surface area contributed by atoms with E-state index in [1.807, 2.05) is 6.07 Å². The lowest BCUT2D eigenvalue weighted by molar-refractivity contribution is 0.151. The Labute approximate surface area is 78.4 Å². The molecule has 0 spiro atoms. The lowest BCUT2D eigenvalue weighted by Crippen LogP contribution is -2.25. The normalized spacial score (nSPS) is 22.8. The molecule has 1 aliphatic carbocycles. The zero-order valence-electron chi connectivity index (χ0n) is 7.61. The van der Waals surface area contributed by atoms with Gasteiger partial charge in [-0.25, -0.2) is 0 Å². The van der Waals surface area contributed by atoms with Gasteiger partial charge in [-0.05, 0) is 24.0 Å². The lowest BCUT2D eigenvalue weighted by atomic mass is 9.95. The molecule has 0 bridgehead atoms. The number of nitrogens with two attached hydrogens (primary N) is 1. The summed E-state index contributed by atoms with van der Waals surface area (Å²) in [5.74, 6) is 0.265. The maximum atomic E-state index is 9.68. The third kappa shape index (κ3) is 1.47. The zero-order valence-corrected chi connectivity index (χ0v) is 7.61. The second-order valence-corrected chi connectivity index (χ2v) is 3.65. The number of hydrogen-bond acceptors (Lipinski definition) is 2. The molecule has 3 N–H and O–H groups in total. The van der Waals surface area contributed by atoms with E-state index in [1.165, 1.54) is 11.1 Å². The van der Waals surface area contributed by atoms with E-state index in [-0.39, 0.29) is 12.0 Å². The van der Waals surface area contributed by atoms with Crippen LogP contribution in [0.15, 0.2) is 24.3 Å². The Morgan fingerprint density at radius 3 is 3.00 bits per heavy atom. The summed E-state index contributed by atoms with van der Waals surface area (Å²) in [6.07, 6.45) is 1.75. The molecule has 1 unspecified atom stereocenters. The lowest BCUT2D eigenvalue weighted by Gasteiger charge is -2.16. The number of aliphatic hydroxyl groups excluding tert-OH is 1. The average Bonchev–Trinajstić information content (AvgIpc) is 2.60. The molecular weight excluding hydrogens is 162 g/mol. The second-order valence-electron chi connectivity index (χ2n) is 3.65. The van der Waals surface area contributed by atoms with Gasteiger partial charge in [-0.1, -0.05) is 24.3 Å². The van der Waals surface area contributed by atoms with E-state index in [0.717, 1.165) is 12.8 Å². The molecule has 1 aromatic carbocycles. The van der Waals surface area contributed by atoms with E-state index in [1.54, 1.807) is 0 Å².